The van der Waals surface area contributed by atoms with Crippen molar-refractivity contribution in [3.05, 3.63) is 42.6 Å². The van der Waals surface area contributed by atoms with Crippen LogP contribution in [0.2, 0.25) is 0 Å². The second kappa shape index (κ2) is 3.83. The van der Waals surface area contributed by atoms with Crippen LogP contribution in [-0.2, 0) is 7.05 Å². The maximum atomic E-state index is 13.0. The smallest absolute Gasteiger partial charge is 0.314 e. The lowest BCUT2D eigenvalue weighted by Gasteiger charge is -1.97. The van der Waals surface area contributed by atoms with Crippen LogP contribution in [-0.4, -0.2) is 19.5 Å². The van der Waals surface area contributed by atoms with Gasteiger partial charge in [-0.2, -0.15) is 23.7 Å². The van der Waals surface area contributed by atoms with Crippen LogP contribution in [0.15, 0.2) is 30.5 Å². The number of aryl methyl sites for hydroxylation is 1. The van der Waals surface area contributed by atoms with Crippen LogP contribution in [0.1, 0.15) is 0 Å². The minimum Gasteiger partial charge on any atom is -0.350 e. The molecule has 0 fully saturated rings. The van der Waals surface area contributed by atoms with Crippen molar-refractivity contribution in [2.24, 2.45) is 7.05 Å². The molecule has 4 nitrogen and oxygen atoms in total. The van der Waals surface area contributed by atoms with Gasteiger partial charge < -0.3 is 4.57 Å². The van der Waals surface area contributed by atoms with Crippen molar-refractivity contribution in [2.75, 3.05) is 0 Å². The number of hydrogen-bond acceptors (Lipinski definition) is 3. The zero-order valence-electron chi connectivity index (χ0n) is 9.43. The van der Waals surface area contributed by atoms with Gasteiger partial charge in [0.2, 0.25) is 0 Å². The first-order valence-corrected chi connectivity index (χ1v) is 5.26. The van der Waals surface area contributed by atoms with Crippen LogP contribution >= 0.6 is 0 Å². The molecular formula is C12H8F2N4. The molecule has 0 N–H and O–H groups in total. The van der Waals surface area contributed by atoms with Crippen molar-refractivity contribution < 1.29 is 8.78 Å². The molecule has 0 aliphatic heterocycles. The first-order chi connectivity index (χ1) is 8.65. The van der Waals surface area contributed by atoms with E-state index in [1.807, 2.05) is 35.9 Å². The molecule has 0 atom stereocenters. The van der Waals surface area contributed by atoms with E-state index in [9.17, 15) is 8.78 Å². The zero-order chi connectivity index (χ0) is 12.7. The van der Waals surface area contributed by atoms with Crippen LogP contribution < -0.4 is 0 Å². The normalized spacial score (nSPS) is 11.1. The van der Waals surface area contributed by atoms with Crippen molar-refractivity contribution in [1.29, 1.82) is 0 Å². The summed E-state index contributed by atoms with van der Waals surface area (Å²) >= 11 is 0. The van der Waals surface area contributed by atoms with E-state index in [4.69, 9.17) is 0 Å². The third-order valence-electron chi connectivity index (χ3n) is 2.72. The van der Waals surface area contributed by atoms with E-state index in [1.54, 1.807) is 6.20 Å². The predicted molar refractivity (Wildman–Crippen MR) is 61.7 cm³/mol. The first kappa shape index (κ1) is 10.8. The largest absolute Gasteiger partial charge is 0.350 e. The maximum Gasteiger partial charge on any atom is 0.314 e. The van der Waals surface area contributed by atoms with E-state index in [2.05, 4.69) is 15.0 Å². The van der Waals surface area contributed by atoms with Gasteiger partial charge in [-0.3, -0.25) is 0 Å². The van der Waals surface area contributed by atoms with Gasteiger partial charge >= 0.3 is 12.2 Å². The fraction of sp³-hybridized carbons (Fsp3) is 0.0833. The molecule has 2 heterocycles. The summed E-state index contributed by atoms with van der Waals surface area (Å²) in [5, 5.41) is 0.838. The Morgan fingerprint density at radius 1 is 1.00 bits per heavy atom. The molecular weight excluding hydrogens is 238 g/mol. The summed E-state index contributed by atoms with van der Waals surface area (Å²) in [7, 11) is 1.85. The Morgan fingerprint density at radius 3 is 2.39 bits per heavy atom. The highest BCUT2D eigenvalue weighted by molar-refractivity contribution is 5.94. The molecule has 90 valence electrons. The monoisotopic (exact) mass is 246 g/mol. The van der Waals surface area contributed by atoms with Gasteiger partial charge in [0.05, 0.1) is 0 Å². The lowest BCUT2D eigenvalue weighted by atomic mass is 10.1. The van der Waals surface area contributed by atoms with Gasteiger partial charge in [0.1, 0.15) is 0 Å². The Bertz CT molecular complexity index is 716. The molecule has 1 aromatic carbocycles. The number of nitrogens with zero attached hydrogens (tertiary/aromatic N) is 4. The highest BCUT2D eigenvalue weighted by Crippen LogP contribution is 2.27. The molecule has 0 saturated heterocycles. The molecule has 18 heavy (non-hydrogen) atoms. The number of fused-ring (bicyclic) bond motifs is 1. The standard InChI is InChI=1S/C12H8F2N4/c1-18-6-8(7-4-2-3-5-9(7)18)10-15-11(13)17-12(14)16-10/h2-6H,1H3. The van der Waals surface area contributed by atoms with Crippen molar-refractivity contribution in [2.45, 2.75) is 0 Å². The van der Waals surface area contributed by atoms with E-state index >= 15 is 0 Å². The van der Waals surface area contributed by atoms with Crippen LogP contribution in [0.5, 0.6) is 0 Å². The molecule has 0 spiro atoms. The van der Waals surface area contributed by atoms with Crippen LogP contribution in [0.4, 0.5) is 8.78 Å². The Kier molecular flexibility index (Phi) is 2.29. The Balaban J connectivity index is 2.31. The maximum absolute atomic E-state index is 13.0. The number of halogens is 2. The summed E-state index contributed by atoms with van der Waals surface area (Å²) in [6.07, 6.45) is -0.505. The third-order valence-corrected chi connectivity index (χ3v) is 2.72. The first-order valence-electron chi connectivity index (χ1n) is 5.26. The minimum absolute atomic E-state index is 0.00296. The summed E-state index contributed by atoms with van der Waals surface area (Å²) in [6, 6.07) is 7.50. The van der Waals surface area contributed by atoms with Gasteiger partial charge in [-0.25, -0.2) is 0 Å². The highest BCUT2D eigenvalue weighted by atomic mass is 19.1. The van der Waals surface area contributed by atoms with Crippen molar-refractivity contribution in [3.8, 4) is 11.4 Å². The minimum atomic E-state index is -1.12. The summed E-state index contributed by atoms with van der Waals surface area (Å²) in [5.74, 6) is -0.00296. The van der Waals surface area contributed by atoms with Crippen molar-refractivity contribution in [3.63, 3.8) is 0 Å². The lowest BCUT2D eigenvalue weighted by molar-refractivity contribution is 0.457. The van der Waals surface area contributed by atoms with Gasteiger partial charge in [-0.1, -0.05) is 18.2 Å². The van der Waals surface area contributed by atoms with E-state index in [-0.39, 0.29) is 5.82 Å². The average Bonchev–Trinajstić information content (AvgIpc) is 2.66. The molecule has 3 rings (SSSR count). The predicted octanol–water partition coefficient (Wildman–Crippen LogP) is 2.31. The topological polar surface area (TPSA) is 43.6 Å². The number of benzene rings is 1. The summed E-state index contributed by atoms with van der Waals surface area (Å²) in [5.41, 5.74) is 1.52. The summed E-state index contributed by atoms with van der Waals surface area (Å²) in [4.78, 5) is 9.94. The van der Waals surface area contributed by atoms with E-state index in [0.29, 0.717) is 5.56 Å². The average molecular weight is 246 g/mol. The van der Waals surface area contributed by atoms with Gasteiger partial charge in [0.15, 0.2) is 5.82 Å². The molecule has 0 aliphatic rings. The summed E-state index contributed by atoms with van der Waals surface area (Å²) in [6.45, 7) is 0. The van der Waals surface area contributed by atoms with Crippen molar-refractivity contribution >= 4 is 10.9 Å². The zero-order valence-corrected chi connectivity index (χ0v) is 9.43. The molecule has 0 amide bonds. The molecule has 6 heteroatoms. The molecule has 3 aromatic rings. The Labute approximate surface area is 101 Å². The SMILES string of the molecule is Cn1cc(-c2nc(F)nc(F)n2)c2ccccc21. The second-order valence-electron chi connectivity index (χ2n) is 3.87. The number of para-hydroxylation sites is 1. The van der Waals surface area contributed by atoms with Gasteiger partial charge in [-0.05, 0) is 6.07 Å². The fourth-order valence-electron chi connectivity index (χ4n) is 1.97. The van der Waals surface area contributed by atoms with E-state index < -0.39 is 12.2 Å². The van der Waals surface area contributed by atoms with Gasteiger partial charge in [0.25, 0.3) is 0 Å². The highest BCUT2D eigenvalue weighted by Gasteiger charge is 2.13. The molecule has 0 bridgehead atoms. The molecule has 0 saturated carbocycles. The van der Waals surface area contributed by atoms with E-state index in [0.717, 1.165) is 10.9 Å². The molecule has 2 aromatic heterocycles. The second-order valence-corrected chi connectivity index (χ2v) is 3.87. The van der Waals surface area contributed by atoms with Crippen LogP contribution in [0, 0.1) is 12.2 Å². The number of rotatable bonds is 1. The van der Waals surface area contributed by atoms with Crippen LogP contribution in [0.3, 0.4) is 0 Å². The number of hydrogen-bond donors (Lipinski definition) is 0. The quantitative estimate of drug-likeness (QED) is 0.661. The van der Waals surface area contributed by atoms with E-state index in [1.165, 1.54) is 0 Å². The van der Waals surface area contributed by atoms with Crippen LogP contribution in [0.25, 0.3) is 22.3 Å². The molecule has 0 aliphatic carbocycles. The third kappa shape index (κ3) is 1.62. The molecule has 0 unspecified atom stereocenters. The number of aromatic nitrogens is 4. The van der Waals surface area contributed by atoms with Crippen molar-refractivity contribution in [1.82, 2.24) is 19.5 Å². The Morgan fingerprint density at radius 2 is 1.67 bits per heavy atom. The van der Waals surface area contributed by atoms with Gasteiger partial charge in [0, 0.05) is 29.7 Å². The summed E-state index contributed by atoms with van der Waals surface area (Å²) < 4.78 is 27.9. The fourth-order valence-corrected chi connectivity index (χ4v) is 1.97. The Hall–Kier alpha value is -2.37. The molecule has 0 radical (unpaired) electrons. The lowest BCUT2D eigenvalue weighted by Crippen LogP contribution is -2.00. The van der Waals surface area contributed by atoms with Gasteiger partial charge in [-0.15, -0.1) is 0 Å².